The van der Waals surface area contributed by atoms with Crippen LogP contribution in [0.2, 0.25) is 0 Å². The highest BCUT2D eigenvalue weighted by molar-refractivity contribution is 8.03. The number of carbonyl (C=O) groups excluding carboxylic acids is 1. The fourth-order valence-corrected chi connectivity index (χ4v) is 3.85. The van der Waals surface area contributed by atoms with E-state index in [2.05, 4.69) is 31.7 Å². The minimum absolute atomic E-state index is 0.145. The van der Waals surface area contributed by atoms with Crippen LogP contribution < -0.4 is 0 Å². The van der Waals surface area contributed by atoms with Crippen LogP contribution in [0.5, 0.6) is 0 Å². The number of hydrogen-bond acceptors (Lipinski definition) is 2. The molecular weight excluding hydrogens is 242 g/mol. The van der Waals surface area contributed by atoms with Crippen LogP contribution >= 0.6 is 11.8 Å². The van der Waals surface area contributed by atoms with E-state index in [4.69, 9.17) is 0 Å². The van der Waals surface area contributed by atoms with Gasteiger partial charge in [0.05, 0.1) is 5.92 Å². The summed E-state index contributed by atoms with van der Waals surface area (Å²) in [5.41, 5.74) is 0.407. The van der Waals surface area contributed by atoms with Gasteiger partial charge in [0.15, 0.2) is 0 Å². The lowest BCUT2D eigenvalue weighted by atomic mass is 9.85. The topological polar surface area (TPSA) is 20.3 Å². The molecule has 3 heteroatoms. The van der Waals surface area contributed by atoms with Crippen molar-refractivity contribution in [2.45, 2.75) is 46.5 Å². The van der Waals surface area contributed by atoms with Crippen LogP contribution in [0.3, 0.4) is 0 Å². The lowest BCUT2D eigenvalue weighted by Gasteiger charge is -2.25. The second-order valence-corrected chi connectivity index (χ2v) is 7.39. The minimum atomic E-state index is 0.145. The van der Waals surface area contributed by atoms with Crippen molar-refractivity contribution in [2.24, 2.45) is 11.3 Å². The zero-order valence-electron chi connectivity index (χ0n) is 11.9. The molecule has 2 heterocycles. The predicted molar refractivity (Wildman–Crippen MR) is 78.5 cm³/mol. The van der Waals surface area contributed by atoms with E-state index in [9.17, 15) is 4.79 Å². The summed E-state index contributed by atoms with van der Waals surface area (Å²) < 4.78 is 0. The second kappa shape index (κ2) is 5.68. The minimum Gasteiger partial charge on any atom is -0.342 e. The van der Waals surface area contributed by atoms with Gasteiger partial charge in [-0.15, -0.1) is 11.8 Å². The van der Waals surface area contributed by atoms with Crippen molar-refractivity contribution < 1.29 is 4.79 Å². The van der Waals surface area contributed by atoms with E-state index in [-0.39, 0.29) is 5.92 Å². The maximum absolute atomic E-state index is 12.5. The largest absolute Gasteiger partial charge is 0.342 e. The second-order valence-electron chi connectivity index (χ2n) is 6.25. The monoisotopic (exact) mass is 267 g/mol. The third-order valence-corrected chi connectivity index (χ3v) is 5.47. The van der Waals surface area contributed by atoms with Gasteiger partial charge >= 0.3 is 0 Å². The first-order valence-corrected chi connectivity index (χ1v) is 8.13. The highest BCUT2D eigenvalue weighted by Crippen LogP contribution is 2.34. The van der Waals surface area contributed by atoms with E-state index in [0.717, 1.165) is 38.1 Å². The van der Waals surface area contributed by atoms with Crippen molar-refractivity contribution in [3.05, 3.63) is 11.0 Å². The number of thioether (sulfide) groups is 1. The summed E-state index contributed by atoms with van der Waals surface area (Å²) in [5, 5.41) is 0. The number of nitrogens with zero attached hydrogens (tertiary/aromatic N) is 1. The molecule has 0 bridgehead atoms. The molecule has 0 radical (unpaired) electrons. The van der Waals surface area contributed by atoms with Gasteiger partial charge in [-0.25, -0.2) is 0 Å². The molecule has 0 N–H and O–H groups in total. The van der Waals surface area contributed by atoms with Crippen LogP contribution in [0.1, 0.15) is 46.5 Å². The van der Waals surface area contributed by atoms with E-state index in [1.807, 2.05) is 11.8 Å². The zero-order chi connectivity index (χ0) is 13.2. The Bertz CT molecular complexity index is 348. The molecule has 0 saturated carbocycles. The molecule has 0 aliphatic carbocycles. The molecule has 0 aromatic carbocycles. The molecule has 1 fully saturated rings. The van der Waals surface area contributed by atoms with Gasteiger partial charge < -0.3 is 4.90 Å². The van der Waals surface area contributed by atoms with Gasteiger partial charge in [-0.1, -0.05) is 26.8 Å². The van der Waals surface area contributed by atoms with Crippen molar-refractivity contribution in [1.29, 1.82) is 0 Å². The zero-order valence-corrected chi connectivity index (χ0v) is 12.7. The Kier molecular flexibility index (Phi) is 4.41. The highest BCUT2D eigenvalue weighted by atomic mass is 32.2. The number of carbonyl (C=O) groups is 1. The molecule has 0 spiro atoms. The molecular formula is C15H25NOS. The lowest BCUT2D eigenvalue weighted by Crippen LogP contribution is -2.36. The molecule has 2 aliphatic heterocycles. The molecule has 2 nitrogen and oxygen atoms in total. The van der Waals surface area contributed by atoms with Crippen molar-refractivity contribution in [3.8, 4) is 0 Å². The fraction of sp³-hybridized carbons (Fsp3) is 0.800. The van der Waals surface area contributed by atoms with E-state index in [0.29, 0.717) is 11.3 Å². The molecule has 1 amide bonds. The Morgan fingerprint density at radius 1 is 1.44 bits per heavy atom. The van der Waals surface area contributed by atoms with Gasteiger partial charge in [0, 0.05) is 18.8 Å². The summed E-state index contributed by atoms with van der Waals surface area (Å²) in [4.78, 5) is 16.0. The van der Waals surface area contributed by atoms with Crippen molar-refractivity contribution >= 4 is 17.7 Å². The van der Waals surface area contributed by atoms with Crippen molar-refractivity contribution in [2.75, 3.05) is 18.8 Å². The van der Waals surface area contributed by atoms with E-state index >= 15 is 0 Å². The smallest absolute Gasteiger partial charge is 0.230 e. The quantitative estimate of drug-likeness (QED) is 0.760. The Labute approximate surface area is 115 Å². The first-order chi connectivity index (χ1) is 8.52. The number of likely N-dealkylation sites (tertiary alicyclic amines) is 1. The van der Waals surface area contributed by atoms with Crippen LogP contribution in [0.4, 0.5) is 0 Å². The highest BCUT2D eigenvalue weighted by Gasteiger charge is 2.30. The maximum Gasteiger partial charge on any atom is 0.230 e. The van der Waals surface area contributed by atoms with Crippen LogP contribution in [-0.2, 0) is 4.79 Å². The van der Waals surface area contributed by atoms with E-state index in [1.165, 1.54) is 11.3 Å². The van der Waals surface area contributed by atoms with Gasteiger partial charge in [-0.2, -0.15) is 0 Å². The molecule has 1 atom stereocenters. The average molecular weight is 267 g/mol. The Morgan fingerprint density at radius 3 is 2.89 bits per heavy atom. The summed E-state index contributed by atoms with van der Waals surface area (Å²) in [7, 11) is 0. The van der Waals surface area contributed by atoms with Crippen LogP contribution in [0.25, 0.3) is 0 Å². The van der Waals surface area contributed by atoms with Gasteiger partial charge in [-0.05, 0) is 36.0 Å². The predicted octanol–water partition coefficient (Wildman–Crippen LogP) is 3.68. The first-order valence-electron chi connectivity index (χ1n) is 7.14. The summed E-state index contributed by atoms with van der Waals surface area (Å²) in [6.07, 6.45) is 6.81. The van der Waals surface area contributed by atoms with Gasteiger partial charge in [0.2, 0.25) is 5.91 Å². The Hall–Kier alpha value is -0.440. The Balaban J connectivity index is 1.95. The standard InChI is InChI=1S/C15H25NOS/c1-4-13-10-12(11-18-13)14(17)16-8-5-6-15(2,3)7-9-16/h10,12H,4-9,11H2,1-3H3. The number of amides is 1. The summed E-state index contributed by atoms with van der Waals surface area (Å²) in [5.74, 6) is 1.47. The molecule has 2 rings (SSSR count). The number of hydrogen-bond donors (Lipinski definition) is 0. The summed E-state index contributed by atoms with van der Waals surface area (Å²) in [6, 6.07) is 0. The van der Waals surface area contributed by atoms with Crippen LogP contribution in [-0.4, -0.2) is 29.6 Å². The molecule has 0 aromatic heterocycles. The third-order valence-electron chi connectivity index (χ3n) is 4.15. The Morgan fingerprint density at radius 2 is 2.22 bits per heavy atom. The third kappa shape index (κ3) is 3.31. The molecule has 18 heavy (non-hydrogen) atoms. The van der Waals surface area contributed by atoms with Crippen LogP contribution in [0.15, 0.2) is 11.0 Å². The molecule has 1 unspecified atom stereocenters. The summed E-state index contributed by atoms with van der Waals surface area (Å²) >= 11 is 1.86. The average Bonchev–Trinajstić information content (AvgIpc) is 2.74. The van der Waals surface area contributed by atoms with Gasteiger partial charge in [-0.3, -0.25) is 4.79 Å². The maximum atomic E-state index is 12.5. The number of rotatable bonds is 2. The van der Waals surface area contributed by atoms with Crippen molar-refractivity contribution in [3.63, 3.8) is 0 Å². The van der Waals surface area contributed by atoms with Gasteiger partial charge in [0.25, 0.3) is 0 Å². The van der Waals surface area contributed by atoms with E-state index < -0.39 is 0 Å². The van der Waals surface area contributed by atoms with E-state index in [1.54, 1.807) is 0 Å². The molecule has 0 aromatic rings. The normalized spacial score (nSPS) is 27.8. The lowest BCUT2D eigenvalue weighted by molar-refractivity contribution is -0.133. The van der Waals surface area contributed by atoms with Crippen molar-refractivity contribution in [1.82, 2.24) is 4.90 Å². The van der Waals surface area contributed by atoms with Gasteiger partial charge in [0.1, 0.15) is 0 Å². The SMILES string of the molecule is CCC1=CC(C(=O)N2CCCC(C)(C)CC2)CS1. The first kappa shape index (κ1) is 14.0. The van der Waals surface area contributed by atoms with Crippen LogP contribution in [0, 0.1) is 11.3 Å². The summed E-state index contributed by atoms with van der Waals surface area (Å²) in [6.45, 7) is 8.71. The fourth-order valence-electron chi connectivity index (χ4n) is 2.76. The number of allylic oxidation sites excluding steroid dienone is 1. The molecule has 2 aliphatic rings. The molecule has 102 valence electrons. The molecule has 1 saturated heterocycles.